The van der Waals surface area contributed by atoms with Crippen LogP contribution >= 0.6 is 11.3 Å². The van der Waals surface area contributed by atoms with Gasteiger partial charge in [0.1, 0.15) is 0 Å². The molecule has 2 N–H and O–H groups in total. The molecule has 0 fully saturated rings. The Morgan fingerprint density at radius 2 is 2.27 bits per heavy atom. The quantitative estimate of drug-likeness (QED) is 0.444. The summed E-state index contributed by atoms with van der Waals surface area (Å²) in [7, 11) is -1.41. The Balaban J connectivity index is 3.09. The van der Waals surface area contributed by atoms with Crippen LogP contribution in [-0.2, 0) is 0 Å². The summed E-state index contributed by atoms with van der Waals surface area (Å²) in [5.41, 5.74) is 0.503. The van der Waals surface area contributed by atoms with Crippen LogP contribution in [-0.4, -0.2) is 17.2 Å². The van der Waals surface area contributed by atoms with Crippen molar-refractivity contribution in [2.45, 2.75) is 6.92 Å². The summed E-state index contributed by atoms with van der Waals surface area (Å²) < 4.78 is 0. The van der Waals surface area contributed by atoms with Gasteiger partial charge in [-0.15, -0.1) is 17.8 Å². The molecule has 1 heterocycles. The van der Waals surface area contributed by atoms with Gasteiger partial charge in [-0.1, -0.05) is 5.92 Å². The second-order valence-corrected chi connectivity index (χ2v) is 3.40. The molecular formula is C7H7BO2S. The molecule has 0 spiro atoms. The molecule has 0 bridgehead atoms. The van der Waals surface area contributed by atoms with Gasteiger partial charge >= 0.3 is 7.12 Å². The second kappa shape index (κ2) is 3.10. The predicted molar refractivity (Wildman–Crippen MR) is 46.8 cm³/mol. The van der Waals surface area contributed by atoms with Crippen molar-refractivity contribution in [2.24, 2.45) is 0 Å². The molecule has 56 valence electrons. The van der Waals surface area contributed by atoms with Crippen LogP contribution in [0.5, 0.6) is 0 Å². The number of thiophene rings is 1. The van der Waals surface area contributed by atoms with E-state index in [9.17, 15) is 0 Å². The number of aryl methyl sites for hydroxylation is 1. The van der Waals surface area contributed by atoms with Crippen molar-refractivity contribution in [3.8, 4) is 12.3 Å². The number of rotatable bonds is 1. The molecular weight excluding hydrogens is 159 g/mol. The van der Waals surface area contributed by atoms with Crippen LogP contribution in [0.3, 0.4) is 0 Å². The standard InChI is InChI=1S/C7H7BO2S/c1-3-6-4-7(8(9)10)5(2)11-6/h1,4,9-10H,2H3. The average Bonchev–Trinajstić information content (AvgIpc) is 2.30. The van der Waals surface area contributed by atoms with Gasteiger partial charge in [0.05, 0.1) is 4.88 Å². The highest BCUT2D eigenvalue weighted by Gasteiger charge is 2.16. The molecule has 0 saturated carbocycles. The molecule has 11 heavy (non-hydrogen) atoms. The molecule has 0 aliphatic heterocycles. The molecule has 1 rings (SSSR count). The van der Waals surface area contributed by atoms with Gasteiger partial charge in [0.25, 0.3) is 0 Å². The van der Waals surface area contributed by atoms with Crippen molar-refractivity contribution >= 4 is 23.9 Å². The third-order valence-electron chi connectivity index (χ3n) is 1.38. The van der Waals surface area contributed by atoms with Crippen molar-refractivity contribution in [1.29, 1.82) is 0 Å². The maximum absolute atomic E-state index is 8.81. The van der Waals surface area contributed by atoms with Crippen molar-refractivity contribution in [3.63, 3.8) is 0 Å². The Kier molecular flexibility index (Phi) is 2.35. The van der Waals surface area contributed by atoms with Gasteiger partial charge in [-0.3, -0.25) is 0 Å². The molecule has 0 atom stereocenters. The van der Waals surface area contributed by atoms with Crippen LogP contribution in [0.15, 0.2) is 6.07 Å². The van der Waals surface area contributed by atoms with Crippen LogP contribution in [0, 0.1) is 19.3 Å². The van der Waals surface area contributed by atoms with Crippen LogP contribution < -0.4 is 5.46 Å². The number of hydrogen-bond donors (Lipinski definition) is 2. The SMILES string of the molecule is C#Cc1cc(B(O)O)c(C)s1. The fraction of sp³-hybridized carbons (Fsp3) is 0.143. The lowest BCUT2D eigenvalue weighted by Crippen LogP contribution is -2.30. The fourth-order valence-corrected chi connectivity index (χ4v) is 1.68. The minimum atomic E-state index is -1.41. The molecule has 0 aliphatic rings. The molecule has 1 aromatic rings. The summed E-state index contributed by atoms with van der Waals surface area (Å²) in [6, 6.07) is 1.62. The van der Waals surface area contributed by atoms with E-state index in [0.717, 1.165) is 9.75 Å². The van der Waals surface area contributed by atoms with Gasteiger partial charge in [-0.25, -0.2) is 0 Å². The van der Waals surface area contributed by atoms with Crippen molar-refractivity contribution in [2.75, 3.05) is 0 Å². The first-order chi connectivity index (χ1) is 5.15. The third-order valence-corrected chi connectivity index (χ3v) is 2.37. The largest absolute Gasteiger partial charge is 0.489 e. The van der Waals surface area contributed by atoms with Crippen molar-refractivity contribution in [1.82, 2.24) is 0 Å². The summed E-state index contributed by atoms with van der Waals surface area (Å²) in [4.78, 5) is 1.58. The molecule has 1 aromatic heterocycles. The highest BCUT2D eigenvalue weighted by atomic mass is 32.1. The normalized spacial score (nSPS) is 9.27. The minimum absolute atomic E-state index is 0.503. The lowest BCUT2D eigenvalue weighted by atomic mass is 9.80. The Morgan fingerprint density at radius 3 is 2.55 bits per heavy atom. The highest BCUT2D eigenvalue weighted by Crippen LogP contribution is 2.11. The van der Waals surface area contributed by atoms with Gasteiger partial charge in [-0.05, 0) is 18.5 Å². The Bertz CT molecular complexity index is 298. The van der Waals surface area contributed by atoms with Crippen LogP contribution in [0.25, 0.3) is 0 Å². The van der Waals surface area contributed by atoms with E-state index in [4.69, 9.17) is 16.5 Å². The smallest absolute Gasteiger partial charge is 0.423 e. The van der Waals surface area contributed by atoms with E-state index in [1.807, 2.05) is 0 Å². The molecule has 2 nitrogen and oxygen atoms in total. The molecule has 0 aromatic carbocycles. The van der Waals surface area contributed by atoms with Crippen molar-refractivity contribution in [3.05, 3.63) is 15.8 Å². The summed E-state index contributed by atoms with van der Waals surface area (Å²) in [6.07, 6.45) is 5.13. The summed E-state index contributed by atoms with van der Waals surface area (Å²) in [5.74, 6) is 2.44. The molecule has 0 saturated heterocycles. The highest BCUT2D eigenvalue weighted by molar-refractivity contribution is 7.13. The van der Waals surface area contributed by atoms with E-state index < -0.39 is 7.12 Å². The average molecular weight is 166 g/mol. The van der Waals surface area contributed by atoms with E-state index in [1.54, 1.807) is 13.0 Å². The first-order valence-corrected chi connectivity index (χ1v) is 3.90. The fourth-order valence-electron chi connectivity index (χ4n) is 0.824. The Hall–Kier alpha value is -0.755. The minimum Gasteiger partial charge on any atom is -0.423 e. The second-order valence-electron chi connectivity index (χ2n) is 2.14. The molecule has 0 amide bonds. The van der Waals surface area contributed by atoms with E-state index in [-0.39, 0.29) is 0 Å². The topological polar surface area (TPSA) is 40.5 Å². The lowest BCUT2D eigenvalue weighted by molar-refractivity contribution is 0.425. The number of hydrogen-bond acceptors (Lipinski definition) is 3. The first-order valence-electron chi connectivity index (χ1n) is 3.08. The maximum atomic E-state index is 8.81. The van der Waals surface area contributed by atoms with Gasteiger partial charge in [-0.2, -0.15) is 0 Å². The van der Waals surface area contributed by atoms with Gasteiger partial charge in [0, 0.05) is 4.88 Å². The molecule has 0 unspecified atom stereocenters. The van der Waals surface area contributed by atoms with Gasteiger partial charge in [0.2, 0.25) is 0 Å². The zero-order valence-corrected chi connectivity index (χ0v) is 6.85. The monoisotopic (exact) mass is 166 g/mol. The van der Waals surface area contributed by atoms with E-state index in [2.05, 4.69) is 5.92 Å². The van der Waals surface area contributed by atoms with E-state index >= 15 is 0 Å². The van der Waals surface area contributed by atoms with Gasteiger partial charge < -0.3 is 10.0 Å². The predicted octanol–water partition coefficient (Wildman–Crippen LogP) is -0.282. The van der Waals surface area contributed by atoms with Crippen LogP contribution in [0.1, 0.15) is 9.75 Å². The lowest BCUT2D eigenvalue weighted by Gasteiger charge is -1.93. The molecule has 4 heteroatoms. The van der Waals surface area contributed by atoms with Crippen LogP contribution in [0.2, 0.25) is 0 Å². The number of terminal acetylenes is 1. The van der Waals surface area contributed by atoms with Crippen molar-refractivity contribution < 1.29 is 10.0 Å². The molecule has 0 radical (unpaired) electrons. The summed E-state index contributed by atoms with van der Waals surface area (Å²) >= 11 is 1.39. The maximum Gasteiger partial charge on any atom is 0.489 e. The summed E-state index contributed by atoms with van der Waals surface area (Å²) in [5, 5.41) is 17.6. The van der Waals surface area contributed by atoms with E-state index in [1.165, 1.54) is 11.3 Å². The zero-order chi connectivity index (χ0) is 8.43. The van der Waals surface area contributed by atoms with E-state index in [0.29, 0.717) is 5.46 Å². The van der Waals surface area contributed by atoms with Crippen LogP contribution in [0.4, 0.5) is 0 Å². The third kappa shape index (κ3) is 1.63. The Morgan fingerprint density at radius 1 is 1.64 bits per heavy atom. The zero-order valence-electron chi connectivity index (χ0n) is 6.03. The molecule has 0 aliphatic carbocycles. The summed E-state index contributed by atoms with van der Waals surface area (Å²) in [6.45, 7) is 1.81. The van der Waals surface area contributed by atoms with Gasteiger partial charge in [0.15, 0.2) is 0 Å². The Labute approximate surface area is 69.6 Å². The first kappa shape index (κ1) is 8.34.